The van der Waals surface area contributed by atoms with Crippen LogP contribution in [0.3, 0.4) is 0 Å². The van der Waals surface area contributed by atoms with E-state index in [1.54, 1.807) is 6.92 Å². The Morgan fingerprint density at radius 2 is 2.21 bits per heavy atom. The monoisotopic (exact) mass is 257 g/mol. The van der Waals surface area contributed by atoms with E-state index < -0.39 is 11.4 Å². The summed E-state index contributed by atoms with van der Waals surface area (Å²) < 4.78 is 4.98. The van der Waals surface area contributed by atoms with E-state index in [1.807, 2.05) is 12.1 Å². The van der Waals surface area contributed by atoms with Gasteiger partial charge in [-0.2, -0.15) is 10.5 Å². The molecule has 0 spiro atoms. The Bertz CT molecular complexity index is 574. The number of nitrogens with zero attached hydrogens (tertiary/aromatic N) is 2. The third-order valence-electron chi connectivity index (χ3n) is 3.77. The first-order valence-corrected chi connectivity index (χ1v) is 6.30. The number of carbonyl (C=O) groups is 1. The minimum atomic E-state index is -1.52. The summed E-state index contributed by atoms with van der Waals surface area (Å²) in [6, 6.07) is 4.04. The lowest BCUT2D eigenvalue weighted by molar-refractivity contribution is -0.150. The van der Waals surface area contributed by atoms with Crippen LogP contribution in [0.25, 0.3) is 0 Å². The number of hydrogen-bond donors (Lipinski definition) is 1. The number of ether oxygens (including phenoxy) is 1. The summed E-state index contributed by atoms with van der Waals surface area (Å²) in [7, 11) is 0. The lowest BCUT2D eigenvalue weighted by Gasteiger charge is -2.30. The van der Waals surface area contributed by atoms with Crippen LogP contribution in [0.1, 0.15) is 32.6 Å². The van der Waals surface area contributed by atoms with E-state index in [0.29, 0.717) is 5.57 Å². The van der Waals surface area contributed by atoms with Gasteiger partial charge in [0.25, 0.3) is 0 Å². The van der Waals surface area contributed by atoms with Crippen molar-refractivity contribution in [2.45, 2.75) is 32.6 Å². The predicted molar refractivity (Wildman–Crippen MR) is 67.0 cm³/mol. The molecule has 0 aromatic rings. The minimum absolute atomic E-state index is 0.0524. The quantitative estimate of drug-likeness (QED) is 0.758. The highest BCUT2D eigenvalue weighted by atomic mass is 16.5. The van der Waals surface area contributed by atoms with Gasteiger partial charge in [0.15, 0.2) is 5.41 Å². The summed E-state index contributed by atoms with van der Waals surface area (Å²) in [5.74, 6) is -0.652. The second-order valence-electron chi connectivity index (χ2n) is 4.75. The van der Waals surface area contributed by atoms with E-state index in [-0.39, 0.29) is 18.7 Å². The van der Waals surface area contributed by atoms with Gasteiger partial charge in [0.1, 0.15) is 6.07 Å². The molecule has 5 nitrogen and oxygen atoms in total. The smallest absolute Gasteiger partial charge is 0.332 e. The number of allylic oxidation sites excluding steroid dienone is 3. The van der Waals surface area contributed by atoms with Crippen LogP contribution in [0.15, 0.2) is 22.4 Å². The van der Waals surface area contributed by atoms with Crippen molar-refractivity contribution in [3.05, 3.63) is 22.4 Å². The first-order chi connectivity index (χ1) is 9.10. The zero-order chi connectivity index (χ0) is 14.0. The molecular weight excluding hydrogens is 242 g/mol. The molecular formula is C14H15N3O2. The van der Waals surface area contributed by atoms with Crippen molar-refractivity contribution in [2.75, 3.05) is 6.61 Å². The maximum atomic E-state index is 12.1. The van der Waals surface area contributed by atoms with Crippen molar-refractivity contribution in [3.63, 3.8) is 0 Å². The molecule has 19 heavy (non-hydrogen) atoms. The summed E-state index contributed by atoms with van der Waals surface area (Å²) >= 11 is 0. The zero-order valence-corrected chi connectivity index (χ0v) is 10.8. The molecule has 2 rings (SSSR count). The van der Waals surface area contributed by atoms with Crippen LogP contribution in [-0.4, -0.2) is 12.6 Å². The van der Waals surface area contributed by atoms with Crippen LogP contribution in [0.4, 0.5) is 0 Å². The molecule has 2 N–H and O–H groups in total. The van der Waals surface area contributed by atoms with Crippen LogP contribution in [0, 0.1) is 28.1 Å². The van der Waals surface area contributed by atoms with Crippen LogP contribution in [0.5, 0.6) is 0 Å². The first kappa shape index (κ1) is 13.2. The summed E-state index contributed by atoms with van der Waals surface area (Å²) in [5.41, 5.74) is 6.72. The molecule has 2 aliphatic carbocycles. The molecule has 0 amide bonds. The highest BCUT2D eigenvalue weighted by Crippen LogP contribution is 2.47. The first-order valence-electron chi connectivity index (χ1n) is 6.30. The van der Waals surface area contributed by atoms with Gasteiger partial charge in [-0.25, -0.2) is 4.79 Å². The van der Waals surface area contributed by atoms with Crippen LogP contribution in [0.2, 0.25) is 0 Å². The molecule has 0 aromatic carbocycles. The van der Waals surface area contributed by atoms with Gasteiger partial charge in [-0.3, -0.25) is 0 Å². The molecule has 0 unspecified atom stereocenters. The van der Waals surface area contributed by atoms with Crippen molar-refractivity contribution < 1.29 is 9.53 Å². The Morgan fingerprint density at radius 1 is 1.47 bits per heavy atom. The van der Waals surface area contributed by atoms with Crippen molar-refractivity contribution in [1.82, 2.24) is 0 Å². The van der Waals surface area contributed by atoms with Crippen LogP contribution >= 0.6 is 0 Å². The second kappa shape index (κ2) is 4.78. The summed E-state index contributed by atoms with van der Waals surface area (Å²) in [4.78, 5) is 12.1. The predicted octanol–water partition coefficient (Wildman–Crippen LogP) is 1.68. The maximum absolute atomic E-state index is 12.1. The number of nitrogens with two attached hydrogens (primary N) is 1. The summed E-state index contributed by atoms with van der Waals surface area (Å²) in [6.45, 7) is 1.86. The van der Waals surface area contributed by atoms with Crippen molar-refractivity contribution in [3.8, 4) is 12.1 Å². The standard InChI is InChI=1S/C14H15N3O2/c1-2-19-13(18)14(8-16)6-9-4-3-5-10(9)11(7-15)12(14)17/h2-6,17H2,1H3/t14-/m0/s1. The van der Waals surface area contributed by atoms with E-state index in [2.05, 4.69) is 0 Å². The fraction of sp³-hybridized carbons (Fsp3) is 0.500. The molecule has 2 aliphatic rings. The molecule has 0 bridgehead atoms. The van der Waals surface area contributed by atoms with Gasteiger partial charge in [-0.05, 0) is 31.8 Å². The van der Waals surface area contributed by atoms with Gasteiger partial charge >= 0.3 is 5.97 Å². The molecule has 0 fully saturated rings. The Kier molecular flexibility index (Phi) is 3.31. The maximum Gasteiger partial charge on any atom is 0.332 e. The van der Waals surface area contributed by atoms with Gasteiger partial charge in [0.05, 0.1) is 23.9 Å². The third-order valence-corrected chi connectivity index (χ3v) is 3.77. The summed E-state index contributed by atoms with van der Waals surface area (Å²) in [6.07, 6.45) is 2.81. The molecule has 0 saturated carbocycles. The van der Waals surface area contributed by atoms with E-state index in [0.717, 1.165) is 30.4 Å². The SMILES string of the molecule is CCOC(=O)[C@]1(C#N)CC2=C(CCC2)C(C#N)=C1N. The lowest BCUT2D eigenvalue weighted by atomic mass is 9.72. The molecule has 0 aromatic heterocycles. The van der Waals surface area contributed by atoms with Crippen molar-refractivity contribution in [2.24, 2.45) is 11.1 Å². The Labute approximate surface area is 111 Å². The average molecular weight is 257 g/mol. The topological polar surface area (TPSA) is 99.9 Å². The molecule has 1 atom stereocenters. The average Bonchev–Trinajstić information content (AvgIpc) is 2.85. The normalized spacial score (nSPS) is 25.6. The Hall–Kier alpha value is -2.27. The molecule has 5 heteroatoms. The van der Waals surface area contributed by atoms with Gasteiger partial charge in [-0.15, -0.1) is 0 Å². The number of nitriles is 2. The minimum Gasteiger partial charge on any atom is -0.464 e. The van der Waals surface area contributed by atoms with E-state index >= 15 is 0 Å². The number of hydrogen-bond acceptors (Lipinski definition) is 5. The second-order valence-corrected chi connectivity index (χ2v) is 4.75. The largest absolute Gasteiger partial charge is 0.464 e. The van der Waals surface area contributed by atoms with Gasteiger partial charge in [0, 0.05) is 6.42 Å². The van der Waals surface area contributed by atoms with Crippen molar-refractivity contribution >= 4 is 5.97 Å². The van der Waals surface area contributed by atoms with Gasteiger partial charge < -0.3 is 10.5 Å². The van der Waals surface area contributed by atoms with E-state index in [4.69, 9.17) is 10.5 Å². The molecule has 98 valence electrons. The van der Waals surface area contributed by atoms with Gasteiger partial charge in [-0.1, -0.05) is 5.57 Å². The fourth-order valence-corrected chi connectivity index (χ4v) is 2.80. The van der Waals surface area contributed by atoms with Gasteiger partial charge in [0.2, 0.25) is 0 Å². The van der Waals surface area contributed by atoms with E-state index in [1.165, 1.54) is 0 Å². The third kappa shape index (κ3) is 1.79. The zero-order valence-electron chi connectivity index (χ0n) is 10.8. The summed E-state index contributed by atoms with van der Waals surface area (Å²) in [5, 5.41) is 18.7. The van der Waals surface area contributed by atoms with Crippen LogP contribution < -0.4 is 5.73 Å². The molecule has 0 heterocycles. The Morgan fingerprint density at radius 3 is 2.79 bits per heavy atom. The molecule has 0 saturated heterocycles. The van der Waals surface area contributed by atoms with E-state index in [9.17, 15) is 15.3 Å². The van der Waals surface area contributed by atoms with Crippen LogP contribution in [-0.2, 0) is 9.53 Å². The van der Waals surface area contributed by atoms with Crippen molar-refractivity contribution in [1.29, 1.82) is 10.5 Å². The molecule has 0 radical (unpaired) electrons. The molecule has 0 aliphatic heterocycles. The lowest BCUT2D eigenvalue weighted by Crippen LogP contribution is -2.40. The number of carbonyl (C=O) groups excluding carboxylic acids is 1. The Balaban J connectivity index is 2.55. The number of rotatable bonds is 2. The highest BCUT2D eigenvalue weighted by molar-refractivity contribution is 5.86. The fourth-order valence-electron chi connectivity index (χ4n) is 2.80. The highest BCUT2D eigenvalue weighted by Gasteiger charge is 2.49. The number of esters is 1.